The summed E-state index contributed by atoms with van der Waals surface area (Å²) in [6.45, 7) is 17.3. The van der Waals surface area contributed by atoms with Gasteiger partial charge in [-0.1, -0.05) is 32.9 Å². The third kappa shape index (κ3) is 5.32. The van der Waals surface area contributed by atoms with Crippen LogP contribution in [0.3, 0.4) is 0 Å². The van der Waals surface area contributed by atoms with Crippen molar-refractivity contribution in [1.82, 2.24) is 14.8 Å². The minimum atomic E-state index is 0.624. The number of ether oxygens (including phenoxy) is 1. The third-order valence-corrected chi connectivity index (χ3v) is 4.76. The van der Waals surface area contributed by atoms with Crippen LogP contribution in [0, 0.1) is 6.92 Å². The molecule has 0 radical (unpaired) electrons. The molecule has 0 bridgehead atoms. The van der Waals surface area contributed by atoms with E-state index in [4.69, 9.17) is 14.1 Å². The minimum absolute atomic E-state index is 0.624. The van der Waals surface area contributed by atoms with E-state index in [1.807, 2.05) is 38.1 Å². The smallest absolute Gasteiger partial charge is 0.230 e. The molecule has 0 atom stereocenters. The van der Waals surface area contributed by atoms with Gasteiger partial charge in [0.1, 0.15) is 11.5 Å². The van der Waals surface area contributed by atoms with E-state index in [9.17, 15) is 0 Å². The first-order valence-corrected chi connectivity index (χ1v) is 9.75. The summed E-state index contributed by atoms with van der Waals surface area (Å²) < 4.78 is 11.7. The Morgan fingerprint density at radius 2 is 1.62 bits per heavy atom. The lowest BCUT2D eigenvalue weighted by Gasteiger charge is -2.24. The lowest BCUT2D eigenvalue weighted by molar-refractivity contribution is 0.213. The number of para-hydroxylation sites is 1. The second-order valence-electron chi connectivity index (χ2n) is 6.35. The Hall–Kier alpha value is -1.85. The number of aryl methyl sites for hydroxylation is 1. The molecule has 2 aromatic rings. The highest BCUT2D eigenvalue weighted by Crippen LogP contribution is 2.30. The number of likely N-dealkylation sites (N-methyl/N-ethyl adjacent to an activating group) is 2. The van der Waals surface area contributed by atoms with E-state index >= 15 is 0 Å². The van der Waals surface area contributed by atoms with Crippen LogP contribution >= 0.6 is 0 Å². The van der Waals surface area contributed by atoms with Crippen molar-refractivity contribution < 1.29 is 9.15 Å². The average Bonchev–Trinajstić information content (AvgIpc) is 3.02. The summed E-state index contributed by atoms with van der Waals surface area (Å²) in [6, 6.07) is 7.91. The van der Waals surface area contributed by atoms with Crippen LogP contribution in [0.25, 0.3) is 11.5 Å². The van der Waals surface area contributed by atoms with Gasteiger partial charge in [0.2, 0.25) is 5.89 Å². The molecule has 0 aliphatic rings. The predicted octanol–water partition coefficient (Wildman–Crippen LogP) is 4.21. The summed E-state index contributed by atoms with van der Waals surface area (Å²) in [7, 11) is 0. The van der Waals surface area contributed by atoms with Gasteiger partial charge in [0.05, 0.1) is 17.9 Å². The van der Waals surface area contributed by atoms with Crippen molar-refractivity contribution >= 4 is 0 Å². The molecule has 0 fully saturated rings. The van der Waals surface area contributed by atoms with Crippen LogP contribution in [0.5, 0.6) is 5.75 Å². The van der Waals surface area contributed by atoms with Crippen LogP contribution in [0.4, 0.5) is 0 Å². The monoisotopic (exact) mass is 359 g/mol. The Kier molecular flexibility index (Phi) is 8.13. The molecule has 0 unspecified atom stereocenters. The normalized spacial score (nSPS) is 11.5. The lowest BCUT2D eigenvalue weighted by atomic mass is 10.2. The van der Waals surface area contributed by atoms with Crippen molar-refractivity contribution in [3.63, 3.8) is 0 Å². The maximum absolute atomic E-state index is 5.97. The van der Waals surface area contributed by atoms with Crippen molar-refractivity contribution in [2.45, 2.75) is 41.2 Å². The van der Waals surface area contributed by atoms with Gasteiger partial charge in [-0.25, -0.2) is 4.98 Å². The molecule has 0 saturated heterocycles. The summed E-state index contributed by atoms with van der Waals surface area (Å²) in [5.41, 5.74) is 1.92. The predicted molar refractivity (Wildman–Crippen MR) is 107 cm³/mol. The van der Waals surface area contributed by atoms with Crippen molar-refractivity contribution in [2.24, 2.45) is 0 Å². The van der Waals surface area contributed by atoms with Gasteiger partial charge in [-0.2, -0.15) is 0 Å². The van der Waals surface area contributed by atoms with Crippen molar-refractivity contribution in [2.75, 3.05) is 39.3 Å². The van der Waals surface area contributed by atoms with Gasteiger partial charge in [0.25, 0.3) is 0 Å². The number of nitrogens with zero attached hydrogens (tertiary/aromatic N) is 3. The molecule has 0 spiro atoms. The molecule has 1 heterocycles. The fourth-order valence-electron chi connectivity index (χ4n) is 3.00. The number of oxazole rings is 1. The molecule has 1 aromatic heterocycles. The highest BCUT2D eigenvalue weighted by Gasteiger charge is 2.17. The van der Waals surface area contributed by atoms with Crippen LogP contribution < -0.4 is 4.74 Å². The number of aromatic nitrogens is 1. The van der Waals surface area contributed by atoms with Gasteiger partial charge in [0, 0.05) is 19.6 Å². The first kappa shape index (κ1) is 20.5. The van der Waals surface area contributed by atoms with E-state index in [-0.39, 0.29) is 0 Å². The first-order valence-electron chi connectivity index (χ1n) is 9.75. The van der Waals surface area contributed by atoms with Gasteiger partial charge < -0.3 is 14.1 Å². The second kappa shape index (κ2) is 10.3. The van der Waals surface area contributed by atoms with Gasteiger partial charge in [-0.3, -0.25) is 4.90 Å². The van der Waals surface area contributed by atoms with Crippen LogP contribution in [-0.2, 0) is 6.54 Å². The van der Waals surface area contributed by atoms with Crippen LogP contribution in [0.1, 0.15) is 39.1 Å². The van der Waals surface area contributed by atoms with Crippen molar-refractivity contribution in [1.29, 1.82) is 0 Å². The van der Waals surface area contributed by atoms with Crippen molar-refractivity contribution in [3.8, 4) is 17.2 Å². The maximum Gasteiger partial charge on any atom is 0.230 e. The van der Waals surface area contributed by atoms with Gasteiger partial charge >= 0.3 is 0 Å². The Morgan fingerprint density at radius 3 is 2.27 bits per heavy atom. The fourth-order valence-corrected chi connectivity index (χ4v) is 3.00. The van der Waals surface area contributed by atoms with Crippen LogP contribution in [0.2, 0.25) is 0 Å². The van der Waals surface area contributed by atoms with E-state index in [1.54, 1.807) is 0 Å². The van der Waals surface area contributed by atoms with E-state index in [1.165, 1.54) is 0 Å². The topological polar surface area (TPSA) is 41.7 Å². The molecule has 2 rings (SSSR count). The highest BCUT2D eigenvalue weighted by atomic mass is 16.5. The third-order valence-electron chi connectivity index (χ3n) is 4.76. The largest absolute Gasteiger partial charge is 0.493 e. The number of benzene rings is 1. The molecule has 0 N–H and O–H groups in total. The molecule has 0 aliphatic heterocycles. The molecule has 0 saturated carbocycles. The molecule has 0 amide bonds. The molecule has 0 aliphatic carbocycles. The summed E-state index contributed by atoms with van der Waals surface area (Å²) in [5.74, 6) is 2.34. The fraction of sp³-hybridized carbons (Fsp3) is 0.571. The van der Waals surface area contributed by atoms with E-state index < -0.39 is 0 Å². The molecule has 5 heteroatoms. The summed E-state index contributed by atoms with van der Waals surface area (Å²) in [5, 5.41) is 0. The quantitative estimate of drug-likeness (QED) is 0.601. The van der Waals surface area contributed by atoms with E-state index in [2.05, 4.69) is 30.6 Å². The van der Waals surface area contributed by atoms with Gasteiger partial charge in [0.15, 0.2) is 0 Å². The molecule has 1 aromatic carbocycles. The number of rotatable bonds is 11. The standard InChI is InChI=1S/C21H33N3O2/c1-6-23(7-2)14-15-24(8-3)16-19-17(5)26-21(22-19)18-12-10-11-13-20(18)25-9-4/h10-13H,6-9,14-16H2,1-5H3. The Balaban J connectivity index is 2.12. The molecule has 26 heavy (non-hydrogen) atoms. The zero-order chi connectivity index (χ0) is 18.9. The zero-order valence-electron chi connectivity index (χ0n) is 16.9. The SMILES string of the molecule is CCOc1ccccc1-c1nc(CN(CC)CCN(CC)CC)c(C)o1. The van der Waals surface area contributed by atoms with Crippen molar-refractivity contribution in [3.05, 3.63) is 35.7 Å². The van der Waals surface area contributed by atoms with Crippen LogP contribution in [-0.4, -0.2) is 54.1 Å². The molecular weight excluding hydrogens is 326 g/mol. The summed E-state index contributed by atoms with van der Waals surface area (Å²) in [4.78, 5) is 9.64. The zero-order valence-corrected chi connectivity index (χ0v) is 16.9. The maximum atomic E-state index is 5.97. The summed E-state index contributed by atoms with van der Waals surface area (Å²) in [6.07, 6.45) is 0. The molecule has 5 nitrogen and oxygen atoms in total. The van der Waals surface area contributed by atoms with Gasteiger partial charge in [-0.05, 0) is 45.6 Å². The number of hydrogen-bond donors (Lipinski definition) is 0. The Labute approximate surface area is 158 Å². The Morgan fingerprint density at radius 1 is 0.962 bits per heavy atom. The minimum Gasteiger partial charge on any atom is -0.493 e. The molecule has 144 valence electrons. The summed E-state index contributed by atoms with van der Waals surface area (Å²) >= 11 is 0. The van der Waals surface area contributed by atoms with Gasteiger partial charge in [-0.15, -0.1) is 0 Å². The van der Waals surface area contributed by atoms with Crippen LogP contribution in [0.15, 0.2) is 28.7 Å². The second-order valence-corrected chi connectivity index (χ2v) is 6.35. The lowest BCUT2D eigenvalue weighted by Crippen LogP contribution is -2.34. The number of hydrogen-bond acceptors (Lipinski definition) is 5. The van der Waals surface area contributed by atoms with E-state index in [0.29, 0.717) is 12.5 Å². The highest BCUT2D eigenvalue weighted by molar-refractivity contribution is 5.63. The molecular formula is C21H33N3O2. The van der Waals surface area contributed by atoms with E-state index in [0.717, 1.165) is 62.0 Å². The average molecular weight is 360 g/mol. The Bertz CT molecular complexity index is 665. The first-order chi connectivity index (χ1) is 12.6.